The fourth-order valence-corrected chi connectivity index (χ4v) is 4.14. The van der Waals surface area contributed by atoms with Gasteiger partial charge in [0.05, 0.1) is 0 Å². The summed E-state index contributed by atoms with van der Waals surface area (Å²) in [5, 5.41) is 4.33. The van der Waals surface area contributed by atoms with Crippen LogP contribution >= 0.6 is 11.8 Å². The highest BCUT2D eigenvalue weighted by Crippen LogP contribution is 2.26. The van der Waals surface area contributed by atoms with Crippen molar-refractivity contribution in [2.75, 3.05) is 32.9 Å². The molecule has 2 nitrogen and oxygen atoms in total. The van der Waals surface area contributed by atoms with Crippen LogP contribution in [0.2, 0.25) is 0 Å². The molecule has 2 rings (SSSR count). The van der Waals surface area contributed by atoms with Crippen LogP contribution in [0.4, 0.5) is 0 Å². The van der Waals surface area contributed by atoms with Gasteiger partial charge in [-0.25, -0.2) is 0 Å². The van der Waals surface area contributed by atoms with Gasteiger partial charge in [-0.05, 0) is 32.1 Å². The van der Waals surface area contributed by atoms with Gasteiger partial charge in [0.2, 0.25) is 0 Å². The lowest BCUT2D eigenvalue weighted by Gasteiger charge is -2.32. The number of nitrogens with one attached hydrogen (secondary N) is 1. The van der Waals surface area contributed by atoms with Crippen molar-refractivity contribution in [2.45, 2.75) is 43.4 Å². The Morgan fingerprint density at radius 1 is 1.19 bits per heavy atom. The van der Waals surface area contributed by atoms with E-state index in [2.05, 4.69) is 23.5 Å². The van der Waals surface area contributed by atoms with Crippen molar-refractivity contribution in [3.8, 4) is 0 Å². The zero-order valence-electron chi connectivity index (χ0n) is 10.7. The minimum atomic E-state index is 0.761. The van der Waals surface area contributed by atoms with Crippen LogP contribution in [0.5, 0.6) is 0 Å². The Balaban J connectivity index is 1.79. The molecule has 1 saturated heterocycles. The zero-order valence-corrected chi connectivity index (χ0v) is 11.6. The fraction of sp³-hybridized carbons (Fsp3) is 1.00. The molecule has 1 aliphatic carbocycles. The van der Waals surface area contributed by atoms with Gasteiger partial charge in [-0.15, -0.1) is 0 Å². The lowest BCUT2D eigenvalue weighted by atomic mass is 9.89. The van der Waals surface area contributed by atoms with Crippen LogP contribution in [0.3, 0.4) is 0 Å². The Morgan fingerprint density at radius 3 is 2.62 bits per heavy atom. The molecule has 3 heteroatoms. The third kappa shape index (κ3) is 3.14. The summed E-state index contributed by atoms with van der Waals surface area (Å²) in [7, 11) is 2.33. The summed E-state index contributed by atoms with van der Waals surface area (Å²) in [5.41, 5.74) is 0. The van der Waals surface area contributed by atoms with E-state index in [4.69, 9.17) is 0 Å². The van der Waals surface area contributed by atoms with Gasteiger partial charge in [0.15, 0.2) is 0 Å². The summed E-state index contributed by atoms with van der Waals surface area (Å²) >= 11 is 2.03. The Kier molecular flexibility index (Phi) is 4.98. The maximum atomic E-state index is 3.53. The Morgan fingerprint density at radius 2 is 1.94 bits per heavy atom. The molecule has 0 aromatic heterocycles. The number of rotatable bonds is 4. The molecule has 94 valence electrons. The number of hydrogen-bond acceptors (Lipinski definition) is 3. The van der Waals surface area contributed by atoms with Gasteiger partial charge < -0.3 is 10.2 Å². The monoisotopic (exact) mass is 242 g/mol. The Bertz CT molecular complexity index is 204. The van der Waals surface area contributed by atoms with Gasteiger partial charge in [0, 0.05) is 30.9 Å². The fourth-order valence-electron chi connectivity index (χ4n) is 3.23. The second-order valence-corrected chi connectivity index (χ2v) is 6.52. The van der Waals surface area contributed by atoms with E-state index in [1.165, 1.54) is 51.7 Å². The molecule has 0 bridgehead atoms. The van der Waals surface area contributed by atoms with Crippen molar-refractivity contribution >= 4 is 11.8 Å². The molecule has 2 fully saturated rings. The number of likely N-dealkylation sites (N-methyl/N-ethyl adjacent to an activating group) is 1. The molecule has 2 atom stereocenters. The van der Waals surface area contributed by atoms with Crippen LogP contribution in [-0.2, 0) is 0 Å². The van der Waals surface area contributed by atoms with E-state index in [0.717, 1.165) is 17.2 Å². The lowest BCUT2D eigenvalue weighted by molar-refractivity contribution is 0.193. The molecular formula is C13H26N2S. The maximum absolute atomic E-state index is 3.53. The molecule has 0 spiro atoms. The van der Waals surface area contributed by atoms with Crippen molar-refractivity contribution in [2.24, 2.45) is 5.92 Å². The summed E-state index contributed by atoms with van der Waals surface area (Å²) in [6.07, 6.45) is 9.58. The van der Waals surface area contributed by atoms with Crippen LogP contribution in [0, 0.1) is 5.92 Å². The van der Waals surface area contributed by atoms with E-state index >= 15 is 0 Å². The van der Waals surface area contributed by atoms with E-state index < -0.39 is 0 Å². The van der Waals surface area contributed by atoms with Crippen LogP contribution in [0.1, 0.15) is 32.1 Å². The van der Waals surface area contributed by atoms with Gasteiger partial charge in [0.1, 0.15) is 0 Å². The molecule has 2 unspecified atom stereocenters. The highest BCUT2D eigenvalue weighted by molar-refractivity contribution is 7.99. The molecule has 1 aliphatic heterocycles. The van der Waals surface area contributed by atoms with E-state index in [0.29, 0.717) is 0 Å². The molecule has 1 N–H and O–H groups in total. The van der Waals surface area contributed by atoms with Crippen molar-refractivity contribution in [1.29, 1.82) is 0 Å². The van der Waals surface area contributed by atoms with Gasteiger partial charge >= 0.3 is 0 Å². The molecule has 16 heavy (non-hydrogen) atoms. The van der Waals surface area contributed by atoms with Crippen molar-refractivity contribution in [1.82, 2.24) is 10.2 Å². The van der Waals surface area contributed by atoms with Gasteiger partial charge in [0.25, 0.3) is 0 Å². The molecule has 0 aromatic carbocycles. The molecule has 1 saturated carbocycles. The summed E-state index contributed by atoms with van der Waals surface area (Å²) in [6, 6.07) is 0.761. The summed E-state index contributed by atoms with van der Waals surface area (Å²) in [6.45, 7) is 3.71. The first-order chi connectivity index (χ1) is 7.81. The van der Waals surface area contributed by atoms with Crippen molar-refractivity contribution in [3.05, 3.63) is 0 Å². The molecule has 0 amide bonds. The summed E-state index contributed by atoms with van der Waals surface area (Å²) < 4.78 is 0. The number of thioether (sulfide) groups is 1. The van der Waals surface area contributed by atoms with Crippen LogP contribution in [0.15, 0.2) is 0 Å². The largest absolute Gasteiger partial charge is 0.314 e. The van der Waals surface area contributed by atoms with Gasteiger partial charge in [-0.3, -0.25) is 0 Å². The average Bonchev–Trinajstić information content (AvgIpc) is 2.78. The minimum absolute atomic E-state index is 0.761. The van der Waals surface area contributed by atoms with E-state index in [9.17, 15) is 0 Å². The highest BCUT2D eigenvalue weighted by atomic mass is 32.2. The smallest absolute Gasteiger partial charge is 0.0348 e. The van der Waals surface area contributed by atoms with Crippen LogP contribution in [-0.4, -0.2) is 49.1 Å². The maximum Gasteiger partial charge on any atom is 0.0348 e. The van der Waals surface area contributed by atoms with E-state index in [-0.39, 0.29) is 0 Å². The first-order valence-electron chi connectivity index (χ1n) is 6.75. The average molecular weight is 242 g/mol. The standard InChI is InChI=1S/C13H26N2S/c1-15(10-11-6-4-3-5-7-11)12-8-14-9-13(12)16-2/h11-14H,3-10H2,1-2H3. The normalized spacial score (nSPS) is 32.4. The highest BCUT2D eigenvalue weighted by Gasteiger charge is 2.30. The quantitative estimate of drug-likeness (QED) is 0.814. The van der Waals surface area contributed by atoms with Gasteiger partial charge in [-0.2, -0.15) is 11.8 Å². The predicted octanol–water partition coefficient (Wildman–Crippen LogP) is 2.20. The summed E-state index contributed by atoms with van der Waals surface area (Å²) in [5.74, 6) is 0.974. The Labute approximate surface area is 105 Å². The molecule has 1 heterocycles. The molecule has 0 radical (unpaired) electrons. The summed E-state index contributed by atoms with van der Waals surface area (Å²) in [4.78, 5) is 2.62. The number of nitrogens with zero attached hydrogens (tertiary/aromatic N) is 1. The second-order valence-electron chi connectivity index (χ2n) is 5.44. The first kappa shape index (κ1) is 12.7. The van der Waals surface area contributed by atoms with Crippen molar-refractivity contribution < 1.29 is 0 Å². The van der Waals surface area contributed by atoms with E-state index in [1.807, 2.05) is 11.8 Å². The third-order valence-electron chi connectivity index (χ3n) is 4.27. The van der Waals surface area contributed by atoms with Crippen molar-refractivity contribution in [3.63, 3.8) is 0 Å². The molecule has 0 aromatic rings. The number of hydrogen-bond donors (Lipinski definition) is 1. The van der Waals surface area contributed by atoms with Crippen LogP contribution < -0.4 is 5.32 Å². The van der Waals surface area contributed by atoms with Gasteiger partial charge in [-0.1, -0.05) is 19.3 Å². The third-order valence-corrected chi connectivity index (χ3v) is 5.35. The van der Waals surface area contributed by atoms with Crippen LogP contribution in [0.25, 0.3) is 0 Å². The van der Waals surface area contributed by atoms with E-state index in [1.54, 1.807) is 0 Å². The zero-order chi connectivity index (χ0) is 11.4. The molecule has 2 aliphatic rings. The Hall–Kier alpha value is 0.270. The first-order valence-corrected chi connectivity index (χ1v) is 8.04. The lowest BCUT2D eigenvalue weighted by Crippen LogP contribution is -2.42. The second kappa shape index (κ2) is 6.27. The topological polar surface area (TPSA) is 15.3 Å². The molecular weight excluding hydrogens is 216 g/mol. The SMILES string of the molecule is CSC1CNCC1N(C)CC1CCCCC1. The predicted molar refractivity (Wildman–Crippen MR) is 73.2 cm³/mol. The minimum Gasteiger partial charge on any atom is -0.314 e.